The first-order valence-electron chi connectivity index (χ1n) is 6.36. The Bertz CT molecular complexity index is 206. The van der Waals surface area contributed by atoms with Crippen molar-refractivity contribution in [2.75, 3.05) is 6.54 Å². The van der Waals surface area contributed by atoms with Gasteiger partial charge in [-0.25, -0.2) is 0 Å². The van der Waals surface area contributed by atoms with Crippen LogP contribution in [0.15, 0.2) is 0 Å². The maximum atomic E-state index is 2.67. The average molecular weight is 211 g/mol. The molecule has 0 N–H and O–H groups in total. The van der Waals surface area contributed by atoms with E-state index < -0.39 is 0 Å². The van der Waals surface area contributed by atoms with Crippen LogP contribution in [0.3, 0.4) is 0 Å². The van der Waals surface area contributed by atoms with E-state index in [9.17, 15) is 0 Å². The van der Waals surface area contributed by atoms with Gasteiger partial charge in [-0.3, -0.25) is 4.90 Å². The maximum absolute atomic E-state index is 2.67. The largest absolute Gasteiger partial charge is 0.296 e. The molecular formula is C14H29N. The molecule has 1 heteroatoms. The van der Waals surface area contributed by atoms with Crippen molar-refractivity contribution < 1.29 is 0 Å². The molecule has 1 aliphatic heterocycles. The smallest absolute Gasteiger partial charge is 0.0127 e. The number of likely N-dealkylation sites (tertiary alicyclic amines) is 1. The lowest BCUT2D eigenvalue weighted by atomic mass is 9.84. The first-order valence-corrected chi connectivity index (χ1v) is 6.36. The molecule has 1 fully saturated rings. The van der Waals surface area contributed by atoms with Crippen molar-refractivity contribution in [2.45, 2.75) is 72.9 Å². The Balaban J connectivity index is 2.57. The maximum Gasteiger partial charge on any atom is 0.0127 e. The van der Waals surface area contributed by atoms with Gasteiger partial charge in [0.05, 0.1) is 0 Å². The van der Waals surface area contributed by atoms with Gasteiger partial charge in [-0.1, -0.05) is 20.8 Å². The summed E-state index contributed by atoms with van der Waals surface area (Å²) in [5.41, 5.74) is 0.824. The minimum absolute atomic E-state index is 0.339. The van der Waals surface area contributed by atoms with Gasteiger partial charge in [-0.2, -0.15) is 0 Å². The molecule has 0 radical (unpaired) electrons. The summed E-state index contributed by atoms with van der Waals surface area (Å²) in [5, 5.41) is 0. The Labute approximate surface area is 96.2 Å². The lowest BCUT2D eigenvalue weighted by Crippen LogP contribution is -2.43. The summed E-state index contributed by atoms with van der Waals surface area (Å²) in [6.07, 6.45) is 2.75. The Kier molecular flexibility index (Phi) is 3.55. The van der Waals surface area contributed by atoms with Crippen LogP contribution in [0.2, 0.25) is 0 Å². The predicted molar refractivity (Wildman–Crippen MR) is 68.1 cm³/mol. The molecule has 0 aliphatic carbocycles. The second-order valence-electron chi connectivity index (χ2n) is 7.54. The van der Waals surface area contributed by atoms with E-state index in [2.05, 4.69) is 53.4 Å². The van der Waals surface area contributed by atoms with Crippen LogP contribution < -0.4 is 0 Å². The Morgan fingerprint density at radius 2 is 1.60 bits per heavy atom. The fourth-order valence-corrected chi connectivity index (χ4v) is 3.09. The molecule has 0 aromatic heterocycles. The van der Waals surface area contributed by atoms with Gasteiger partial charge in [0.15, 0.2) is 0 Å². The van der Waals surface area contributed by atoms with Gasteiger partial charge in [0.1, 0.15) is 0 Å². The number of hydrogen-bond donors (Lipinski definition) is 0. The summed E-state index contributed by atoms with van der Waals surface area (Å²) in [5.74, 6) is 0.902. The van der Waals surface area contributed by atoms with Crippen molar-refractivity contribution in [2.24, 2.45) is 11.3 Å². The second kappa shape index (κ2) is 4.08. The molecule has 0 spiro atoms. The number of nitrogens with zero attached hydrogens (tertiary/aromatic N) is 1. The van der Waals surface area contributed by atoms with Crippen LogP contribution in [0.1, 0.15) is 61.3 Å². The van der Waals surface area contributed by atoms with E-state index in [1.54, 1.807) is 0 Å². The van der Waals surface area contributed by atoms with Crippen LogP contribution in [0.4, 0.5) is 0 Å². The third kappa shape index (κ3) is 3.79. The average Bonchev–Trinajstić information content (AvgIpc) is 2.25. The highest BCUT2D eigenvalue weighted by Crippen LogP contribution is 2.36. The van der Waals surface area contributed by atoms with Crippen molar-refractivity contribution in [1.82, 2.24) is 4.90 Å². The highest BCUT2D eigenvalue weighted by molar-refractivity contribution is 4.91. The van der Waals surface area contributed by atoms with Crippen LogP contribution in [0.5, 0.6) is 0 Å². The van der Waals surface area contributed by atoms with Crippen molar-refractivity contribution >= 4 is 0 Å². The SMILES string of the molecule is CC1CC(CC(C)(C)C)CN1C(C)(C)C. The summed E-state index contributed by atoms with van der Waals surface area (Å²) in [6.45, 7) is 17.8. The lowest BCUT2D eigenvalue weighted by Gasteiger charge is -2.35. The first kappa shape index (κ1) is 13.0. The monoisotopic (exact) mass is 211 g/mol. The summed E-state index contributed by atoms with van der Waals surface area (Å²) in [6, 6.07) is 0.761. The standard InChI is InChI=1S/C14H29N/c1-11-8-12(9-13(2,3)4)10-15(11)14(5,6)7/h11-12H,8-10H2,1-7H3. The zero-order chi connectivity index (χ0) is 11.9. The van der Waals surface area contributed by atoms with Gasteiger partial charge >= 0.3 is 0 Å². The Morgan fingerprint density at radius 1 is 1.07 bits per heavy atom. The molecule has 1 heterocycles. The zero-order valence-corrected chi connectivity index (χ0v) is 11.7. The van der Waals surface area contributed by atoms with Gasteiger partial charge in [-0.15, -0.1) is 0 Å². The zero-order valence-electron chi connectivity index (χ0n) is 11.7. The van der Waals surface area contributed by atoms with Crippen molar-refractivity contribution in [1.29, 1.82) is 0 Å². The normalized spacial score (nSPS) is 29.8. The van der Waals surface area contributed by atoms with Gasteiger partial charge in [0.2, 0.25) is 0 Å². The van der Waals surface area contributed by atoms with E-state index in [1.165, 1.54) is 19.4 Å². The molecule has 15 heavy (non-hydrogen) atoms. The molecule has 1 aliphatic rings. The van der Waals surface area contributed by atoms with E-state index in [1.807, 2.05) is 0 Å². The van der Waals surface area contributed by atoms with Gasteiger partial charge in [-0.05, 0) is 51.9 Å². The fraction of sp³-hybridized carbons (Fsp3) is 1.00. The molecule has 1 rings (SSSR count). The molecule has 2 atom stereocenters. The van der Waals surface area contributed by atoms with Crippen LogP contribution in [-0.4, -0.2) is 23.0 Å². The topological polar surface area (TPSA) is 3.24 Å². The molecule has 1 nitrogen and oxygen atoms in total. The molecule has 0 aromatic carbocycles. The summed E-state index contributed by atoms with van der Waals surface area (Å²) in [4.78, 5) is 2.67. The third-order valence-corrected chi connectivity index (χ3v) is 3.42. The molecule has 0 saturated carbocycles. The minimum Gasteiger partial charge on any atom is -0.296 e. The minimum atomic E-state index is 0.339. The molecular weight excluding hydrogens is 182 g/mol. The van der Waals surface area contributed by atoms with Crippen LogP contribution in [0.25, 0.3) is 0 Å². The molecule has 0 bridgehead atoms. The second-order valence-corrected chi connectivity index (χ2v) is 7.54. The van der Waals surface area contributed by atoms with Crippen molar-refractivity contribution in [3.63, 3.8) is 0 Å². The Hall–Kier alpha value is -0.0400. The summed E-state index contributed by atoms with van der Waals surface area (Å²) < 4.78 is 0. The first-order chi connectivity index (χ1) is 6.59. The van der Waals surface area contributed by atoms with E-state index in [0.717, 1.165) is 12.0 Å². The van der Waals surface area contributed by atoms with Crippen LogP contribution >= 0.6 is 0 Å². The highest BCUT2D eigenvalue weighted by atomic mass is 15.2. The quantitative estimate of drug-likeness (QED) is 0.635. The van der Waals surface area contributed by atoms with E-state index >= 15 is 0 Å². The van der Waals surface area contributed by atoms with Crippen LogP contribution in [0, 0.1) is 11.3 Å². The summed E-state index contributed by atoms with van der Waals surface area (Å²) >= 11 is 0. The summed E-state index contributed by atoms with van der Waals surface area (Å²) in [7, 11) is 0. The highest BCUT2D eigenvalue weighted by Gasteiger charge is 2.36. The lowest BCUT2D eigenvalue weighted by molar-refractivity contribution is 0.124. The molecule has 1 saturated heterocycles. The van der Waals surface area contributed by atoms with Crippen LogP contribution in [-0.2, 0) is 0 Å². The van der Waals surface area contributed by atoms with Gasteiger partial charge in [0, 0.05) is 18.1 Å². The van der Waals surface area contributed by atoms with E-state index in [4.69, 9.17) is 0 Å². The van der Waals surface area contributed by atoms with Crippen molar-refractivity contribution in [3.8, 4) is 0 Å². The molecule has 0 amide bonds. The fourth-order valence-electron chi connectivity index (χ4n) is 3.09. The third-order valence-electron chi connectivity index (χ3n) is 3.42. The van der Waals surface area contributed by atoms with E-state index in [0.29, 0.717) is 11.0 Å². The Morgan fingerprint density at radius 3 is 1.93 bits per heavy atom. The number of hydrogen-bond acceptors (Lipinski definition) is 1. The van der Waals surface area contributed by atoms with E-state index in [-0.39, 0.29) is 0 Å². The van der Waals surface area contributed by atoms with Crippen molar-refractivity contribution in [3.05, 3.63) is 0 Å². The van der Waals surface area contributed by atoms with Gasteiger partial charge in [0.25, 0.3) is 0 Å². The predicted octanol–water partition coefficient (Wildman–Crippen LogP) is 3.93. The molecule has 2 unspecified atom stereocenters. The molecule has 0 aromatic rings. The number of rotatable bonds is 1. The van der Waals surface area contributed by atoms with Gasteiger partial charge < -0.3 is 0 Å². The molecule has 90 valence electrons.